The summed E-state index contributed by atoms with van der Waals surface area (Å²) >= 11 is 0. The number of piperidine rings is 1. The van der Waals surface area contributed by atoms with Crippen LogP contribution >= 0.6 is 0 Å². The standard InChI is InChI=1S/C23H29FN4.C8H10/c1-15-6-8-26(9-7-15)10-11-27-16(2)23-13-20-19-12-18(24)4-5-21(19)25-22(20)14-28(23)17(27)3;1-7-4-3-5-8(2)6-7/h4-5,12,15,23,25H,2-3,6-11,13-14H2,1H3;3-6H,1-2H3/t23-;/m0./s1. The fourth-order valence-electron chi connectivity index (χ4n) is 5.90. The average Bonchev–Trinajstić information content (AvgIpc) is 3.31. The molecule has 190 valence electrons. The van der Waals surface area contributed by atoms with Gasteiger partial charge in [0.1, 0.15) is 11.6 Å². The lowest BCUT2D eigenvalue weighted by Crippen LogP contribution is -2.38. The summed E-state index contributed by atoms with van der Waals surface area (Å²) in [7, 11) is 0. The second-order valence-electron chi connectivity index (χ2n) is 10.9. The predicted molar refractivity (Wildman–Crippen MR) is 147 cm³/mol. The normalized spacial score (nSPS) is 20.4. The maximum atomic E-state index is 13.8. The number of H-pyrrole nitrogens is 1. The number of fused-ring (bicyclic) bond motifs is 4. The van der Waals surface area contributed by atoms with Crippen molar-refractivity contribution in [1.29, 1.82) is 0 Å². The molecule has 3 aliphatic heterocycles. The van der Waals surface area contributed by atoms with E-state index in [1.54, 1.807) is 6.07 Å². The van der Waals surface area contributed by atoms with E-state index in [-0.39, 0.29) is 11.9 Å². The van der Waals surface area contributed by atoms with Gasteiger partial charge in [-0.05, 0) is 69.5 Å². The summed E-state index contributed by atoms with van der Waals surface area (Å²) in [5.41, 5.74) is 7.23. The van der Waals surface area contributed by atoms with Gasteiger partial charge in [-0.1, -0.05) is 55.5 Å². The van der Waals surface area contributed by atoms with Gasteiger partial charge in [0.25, 0.3) is 0 Å². The molecule has 2 fully saturated rings. The van der Waals surface area contributed by atoms with E-state index in [1.807, 2.05) is 6.07 Å². The van der Waals surface area contributed by atoms with Gasteiger partial charge in [0.05, 0.1) is 12.6 Å². The van der Waals surface area contributed by atoms with Gasteiger partial charge in [-0.3, -0.25) is 0 Å². The van der Waals surface area contributed by atoms with Gasteiger partial charge < -0.3 is 19.7 Å². The maximum Gasteiger partial charge on any atom is 0.123 e. The summed E-state index contributed by atoms with van der Waals surface area (Å²) < 4.78 is 13.8. The van der Waals surface area contributed by atoms with Gasteiger partial charge in [0.15, 0.2) is 0 Å². The third-order valence-electron chi connectivity index (χ3n) is 8.12. The number of nitrogens with zero attached hydrogens (tertiary/aromatic N) is 3. The minimum Gasteiger partial charge on any atom is -0.357 e. The molecule has 1 atom stereocenters. The number of hydrogen-bond donors (Lipinski definition) is 1. The molecule has 3 aromatic rings. The molecule has 3 aliphatic rings. The average molecular weight is 487 g/mol. The van der Waals surface area contributed by atoms with Crippen molar-refractivity contribution in [1.82, 2.24) is 19.7 Å². The lowest BCUT2D eigenvalue weighted by molar-refractivity contribution is 0.178. The number of aromatic amines is 1. The molecule has 0 radical (unpaired) electrons. The zero-order valence-corrected chi connectivity index (χ0v) is 22.0. The third kappa shape index (κ3) is 4.94. The van der Waals surface area contributed by atoms with Crippen LogP contribution in [0.5, 0.6) is 0 Å². The zero-order chi connectivity index (χ0) is 25.4. The predicted octanol–water partition coefficient (Wildman–Crippen LogP) is 6.37. The molecule has 6 rings (SSSR count). The van der Waals surface area contributed by atoms with Crippen molar-refractivity contribution in [3.63, 3.8) is 0 Å². The van der Waals surface area contributed by atoms with Crippen molar-refractivity contribution in [2.75, 3.05) is 26.2 Å². The number of hydrogen-bond acceptors (Lipinski definition) is 3. The van der Waals surface area contributed by atoms with Crippen LogP contribution in [0.2, 0.25) is 0 Å². The van der Waals surface area contributed by atoms with E-state index in [4.69, 9.17) is 0 Å². The van der Waals surface area contributed by atoms with Crippen LogP contribution in [-0.2, 0) is 13.0 Å². The number of likely N-dealkylation sites (tertiary alicyclic amines) is 1. The van der Waals surface area contributed by atoms with Crippen molar-refractivity contribution < 1.29 is 4.39 Å². The Morgan fingerprint density at radius 2 is 1.72 bits per heavy atom. The summed E-state index contributed by atoms with van der Waals surface area (Å²) in [6.07, 6.45) is 3.46. The van der Waals surface area contributed by atoms with Gasteiger partial charge in [-0.25, -0.2) is 4.39 Å². The molecule has 4 heterocycles. The van der Waals surface area contributed by atoms with Gasteiger partial charge in [-0.2, -0.15) is 0 Å². The molecule has 1 N–H and O–H groups in total. The van der Waals surface area contributed by atoms with Crippen molar-refractivity contribution in [2.45, 2.75) is 52.6 Å². The molecular formula is C31H39FN4. The fourth-order valence-corrected chi connectivity index (χ4v) is 5.90. The smallest absolute Gasteiger partial charge is 0.123 e. The molecule has 2 aromatic carbocycles. The number of nitrogens with one attached hydrogen (secondary N) is 1. The lowest BCUT2D eigenvalue weighted by atomic mass is 9.96. The highest BCUT2D eigenvalue weighted by atomic mass is 19.1. The quantitative estimate of drug-likeness (QED) is 0.466. The Hall–Kier alpha value is -3.05. The summed E-state index contributed by atoms with van der Waals surface area (Å²) in [5, 5.41) is 1.01. The van der Waals surface area contributed by atoms with Gasteiger partial charge in [0.2, 0.25) is 0 Å². The lowest BCUT2D eigenvalue weighted by Gasteiger charge is -2.32. The van der Waals surface area contributed by atoms with Crippen LogP contribution in [0.25, 0.3) is 10.9 Å². The minimum atomic E-state index is -0.177. The van der Waals surface area contributed by atoms with E-state index >= 15 is 0 Å². The van der Waals surface area contributed by atoms with Crippen LogP contribution in [0.1, 0.15) is 42.1 Å². The van der Waals surface area contributed by atoms with Crippen molar-refractivity contribution >= 4 is 10.9 Å². The number of rotatable bonds is 3. The van der Waals surface area contributed by atoms with Gasteiger partial charge in [-0.15, -0.1) is 0 Å². The minimum absolute atomic E-state index is 0.177. The molecule has 36 heavy (non-hydrogen) atoms. The molecular weight excluding hydrogens is 447 g/mol. The molecule has 0 unspecified atom stereocenters. The van der Waals surface area contributed by atoms with E-state index in [1.165, 1.54) is 54.4 Å². The zero-order valence-electron chi connectivity index (χ0n) is 22.0. The molecule has 0 bridgehead atoms. The first kappa shape index (κ1) is 24.6. The Morgan fingerprint density at radius 3 is 2.39 bits per heavy atom. The highest BCUT2D eigenvalue weighted by Gasteiger charge is 2.40. The first-order valence-corrected chi connectivity index (χ1v) is 13.3. The van der Waals surface area contributed by atoms with Crippen molar-refractivity contribution in [3.8, 4) is 0 Å². The molecule has 2 saturated heterocycles. The van der Waals surface area contributed by atoms with E-state index in [0.29, 0.717) is 0 Å². The molecule has 1 aromatic heterocycles. The molecule has 0 saturated carbocycles. The molecule has 4 nitrogen and oxygen atoms in total. The highest BCUT2D eigenvalue weighted by Crippen LogP contribution is 2.40. The number of halogens is 1. The maximum absolute atomic E-state index is 13.8. The molecule has 0 spiro atoms. The monoisotopic (exact) mass is 486 g/mol. The summed E-state index contributed by atoms with van der Waals surface area (Å²) in [4.78, 5) is 10.7. The first-order chi connectivity index (χ1) is 17.3. The van der Waals surface area contributed by atoms with Crippen LogP contribution in [0, 0.1) is 25.6 Å². The number of benzene rings is 2. The second-order valence-corrected chi connectivity index (χ2v) is 10.9. The molecule has 0 aliphatic carbocycles. The van der Waals surface area contributed by atoms with Crippen LogP contribution in [0.15, 0.2) is 67.1 Å². The van der Waals surface area contributed by atoms with Crippen LogP contribution in [-0.4, -0.2) is 51.9 Å². The fraction of sp³-hybridized carbons (Fsp3) is 0.419. The third-order valence-corrected chi connectivity index (χ3v) is 8.12. The Labute approximate surface area is 215 Å². The summed E-state index contributed by atoms with van der Waals surface area (Å²) in [5.74, 6) is 1.73. The number of aromatic nitrogens is 1. The van der Waals surface area contributed by atoms with Crippen molar-refractivity contribution in [2.24, 2.45) is 5.92 Å². The Morgan fingerprint density at radius 1 is 1.00 bits per heavy atom. The Bertz CT molecular complexity index is 1250. The SMILES string of the molecule is C=C1[C@@H]2Cc3c([nH]c4ccc(F)cc34)CN2C(=C)N1CCN1CCC(C)CC1.Cc1cccc(C)c1. The first-order valence-electron chi connectivity index (χ1n) is 13.3. The number of aryl methyl sites for hydroxylation is 2. The molecule has 5 heteroatoms. The summed E-state index contributed by atoms with van der Waals surface area (Å²) in [6.45, 7) is 20.6. The Kier molecular flexibility index (Phi) is 6.94. The summed E-state index contributed by atoms with van der Waals surface area (Å²) in [6, 6.07) is 13.7. The topological polar surface area (TPSA) is 25.5 Å². The Balaban J connectivity index is 0.000000286. The van der Waals surface area contributed by atoms with E-state index in [9.17, 15) is 4.39 Å². The van der Waals surface area contributed by atoms with Gasteiger partial charge in [0, 0.05) is 41.8 Å². The van der Waals surface area contributed by atoms with E-state index in [0.717, 1.165) is 54.4 Å². The molecule has 0 amide bonds. The van der Waals surface area contributed by atoms with E-state index in [2.05, 4.69) is 77.9 Å². The van der Waals surface area contributed by atoms with Crippen LogP contribution in [0.4, 0.5) is 4.39 Å². The van der Waals surface area contributed by atoms with Crippen LogP contribution < -0.4 is 0 Å². The van der Waals surface area contributed by atoms with E-state index < -0.39 is 0 Å². The highest BCUT2D eigenvalue weighted by molar-refractivity contribution is 5.85. The second kappa shape index (κ2) is 10.1. The van der Waals surface area contributed by atoms with Gasteiger partial charge >= 0.3 is 0 Å². The van der Waals surface area contributed by atoms with Crippen molar-refractivity contribution in [3.05, 3.63) is 95.3 Å². The van der Waals surface area contributed by atoms with Crippen LogP contribution in [0.3, 0.4) is 0 Å². The largest absolute Gasteiger partial charge is 0.357 e.